The van der Waals surface area contributed by atoms with E-state index in [1.54, 1.807) is 30.6 Å². The Hall–Kier alpha value is -3.42. The third-order valence-corrected chi connectivity index (χ3v) is 5.27. The lowest BCUT2D eigenvalue weighted by atomic mass is 10.1. The lowest BCUT2D eigenvalue weighted by molar-refractivity contribution is 0.0932. The average molecular weight is 438 g/mol. The van der Waals surface area contributed by atoms with Crippen molar-refractivity contribution in [1.82, 2.24) is 15.0 Å². The molecular formula is C21H13Cl2N5O2. The zero-order valence-corrected chi connectivity index (χ0v) is 16.9. The van der Waals surface area contributed by atoms with Crippen LogP contribution in [0.4, 0.5) is 17.3 Å². The van der Waals surface area contributed by atoms with E-state index < -0.39 is 0 Å². The second-order valence-corrected chi connectivity index (χ2v) is 7.37. The molecule has 3 heterocycles. The van der Waals surface area contributed by atoms with Gasteiger partial charge >= 0.3 is 0 Å². The number of fused-ring (bicyclic) bond motifs is 2. The largest absolute Gasteiger partial charge is 0.455 e. The lowest BCUT2D eigenvalue weighted by Gasteiger charge is -2.29. The summed E-state index contributed by atoms with van der Waals surface area (Å²) in [5, 5.41) is 5.90. The minimum Gasteiger partial charge on any atom is -0.455 e. The monoisotopic (exact) mass is 437 g/mol. The van der Waals surface area contributed by atoms with Gasteiger partial charge in [0.25, 0.3) is 5.91 Å². The fourth-order valence-electron chi connectivity index (χ4n) is 3.22. The van der Waals surface area contributed by atoms with Crippen molar-refractivity contribution in [2.24, 2.45) is 0 Å². The quantitative estimate of drug-likeness (QED) is 0.481. The van der Waals surface area contributed by atoms with Crippen LogP contribution in [0.1, 0.15) is 10.4 Å². The molecule has 1 aliphatic rings. The van der Waals surface area contributed by atoms with E-state index in [0.717, 1.165) is 16.5 Å². The van der Waals surface area contributed by atoms with E-state index in [1.165, 1.54) is 11.1 Å². The van der Waals surface area contributed by atoms with Crippen LogP contribution in [0.5, 0.6) is 5.88 Å². The van der Waals surface area contributed by atoms with Gasteiger partial charge in [0.15, 0.2) is 6.73 Å². The number of anilines is 3. The first-order valence-corrected chi connectivity index (χ1v) is 9.72. The Labute approximate surface area is 181 Å². The number of carbonyl (C=O) groups excluding carboxylic acids is 1. The Morgan fingerprint density at radius 1 is 1.03 bits per heavy atom. The van der Waals surface area contributed by atoms with E-state index in [4.69, 9.17) is 27.9 Å². The van der Waals surface area contributed by atoms with Crippen molar-refractivity contribution in [3.05, 3.63) is 76.7 Å². The Kier molecular flexibility index (Phi) is 4.61. The van der Waals surface area contributed by atoms with Crippen LogP contribution in [0.15, 0.2) is 61.1 Å². The fourth-order valence-corrected chi connectivity index (χ4v) is 3.82. The highest BCUT2D eigenvalue weighted by Crippen LogP contribution is 2.37. The van der Waals surface area contributed by atoms with E-state index in [9.17, 15) is 4.79 Å². The Bertz CT molecular complexity index is 1280. The number of nitrogens with one attached hydrogen (secondary N) is 1. The van der Waals surface area contributed by atoms with Crippen LogP contribution < -0.4 is 15.0 Å². The smallest absolute Gasteiger partial charge is 0.268 e. The minimum atomic E-state index is -0.338. The number of hydrogen-bond acceptors (Lipinski definition) is 6. The second kappa shape index (κ2) is 7.44. The molecule has 0 saturated heterocycles. The highest BCUT2D eigenvalue weighted by atomic mass is 35.5. The molecule has 4 aromatic rings. The van der Waals surface area contributed by atoms with Crippen LogP contribution in [0, 0.1) is 0 Å². The number of nitrogens with zero attached hydrogens (tertiary/aromatic N) is 4. The third-order valence-electron chi connectivity index (χ3n) is 4.66. The molecule has 0 spiro atoms. The topological polar surface area (TPSA) is 80.2 Å². The van der Waals surface area contributed by atoms with E-state index in [1.807, 2.05) is 24.3 Å². The van der Waals surface area contributed by atoms with Gasteiger partial charge in [-0.25, -0.2) is 4.98 Å². The molecule has 30 heavy (non-hydrogen) atoms. The standard InChI is InChI=1S/C21H13Cl2N5O2/c22-16-2-1-3-17(23)18(16)28-11-30-19-15(20(28)29)10-25-21(27-19)26-14-5-4-12-6-7-24-9-13(12)8-14/h1-10H,11H2,(H,25,26,27). The summed E-state index contributed by atoms with van der Waals surface area (Å²) < 4.78 is 5.71. The van der Waals surface area contributed by atoms with Crippen molar-refractivity contribution < 1.29 is 9.53 Å². The zero-order chi connectivity index (χ0) is 20.7. The van der Waals surface area contributed by atoms with Gasteiger partial charge < -0.3 is 10.1 Å². The van der Waals surface area contributed by atoms with Gasteiger partial charge in [0.2, 0.25) is 11.8 Å². The fraction of sp³-hybridized carbons (Fsp3) is 0.0476. The number of benzene rings is 2. The molecule has 0 bridgehead atoms. The van der Waals surface area contributed by atoms with Crippen molar-refractivity contribution in [1.29, 1.82) is 0 Å². The first kappa shape index (κ1) is 18.6. The van der Waals surface area contributed by atoms with Gasteiger partial charge in [0, 0.05) is 29.7 Å². The number of pyridine rings is 1. The number of carbonyl (C=O) groups is 1. The average Bonchev–Trinajstić information content (AvgIpc) is 2.75. The van der Waals surface area contributed by atoms with Gasteiger partial charge in [-0.1, -0.05) is 35.3 Å². The molecule has 2 aromatic heterocycles. The van der Waals surface area contributed by atoms with Gasteiger partial charge in [-0.2, -0.15) is 4.98 Å². The van der Waals surface area contributed by atoms with E-state index in [0.29, 0.717) is 21.7 Å². The molecule has 0 unspecified atom stereocenters. The number of halogens is 2. The Balaban J connectivity index is 1.43. The van der Waals surface area contributed by atoms with Crippen LogP contribution in [0.25, 0.3) is 10.8 Å². The number of ether oxygens (including phenoxy) is 1. The van der Waals surface area contributed by atoms with Gasteiger partial charge in [-0.3, -0.25) is 14.7 Å². The molecular weight excluding hydrogens is 425 g/mol. The minimum absolute atomic E-state index is 0.0621. The second-order valence-electron chi connectivity index (χ2n) is 6.55. The summed E-state index contributed by atoms with van der Waals surface area (Å²) in [5.41, 5.74) is 1.41. The number of hydrogen-bond donors (Lipinski definition) is 1. The van der Waals surface area contributed by atoms with Crippen molar-refractivity contribution in [3.63, 3.8) is 0 Å². The van der Waals surface area contributed by atoms with E-state index >= 15 is 0 Å². The molecule has 7 nitrogen and oxygen atoms in total. The van der Waals surface area contributed by atoms with Crippen LogP contribution in [-0.4, -0.2) is 27.6 Å². The summed E-state index contributed by atoms with van der Waals surface area (Å²) in [7, 11) is 0. The predicted molar refractivity (Wildman–Crippen MR) is 116 cm³/mol. The maximum Gasteiger partial charge on any atom is 0.268 e. The zero-order valence-electron chi connectivity index (χ0n) is 15.3. The molecule has 0 radical (unpaired) electrons. The van der Waals surface area contributed by atoms with Gasteiger partial charge in [-0.05, 0) is 35.7 Å². The molecule has 0 fully saturated rings. The lowest BCUT2D eigenvalue weighted by Crippen LogP contribution is -2.39. The summed E-state index contributed by atoms with van der Waals surface area (Å²) in [6.45, 7) is -0.0621. The van der Waals surface area contributed by atoms with Crippen molar-refractivity contribution >= 4 is 57.2 Å². The van der Waals surface area contributed by atoms with E-state index in [2.05, 4.69) is 20.3 Å². The van der Waals surface area contributed by atoms with Crippen LogP contribution >= 0.6 is 23.2 Å². The van der Waals surface area contributed by atoms with Crippen molar-refractivity contribution in [3.8, 4) is 5.88 Å². The molecule has 2 aromatic carbocycles. The third kappa shape index (κ3) is 3.28. The number of para-hydroxylation sites is 1. The summed E-state index contributed by atoms with van der Waals surface area (Å²) >= 11 is 12.5. The molecule has 0 saturated carbocycles. The van der Waals surface area contributed by atoms with Crippen molar-refractivity contribution in [2.45, 2.75) is 0 Å². The van der Waals surface area contributed by atoms with Gasteiger partial charge in [0.05, 0.1) is 15.7 Å². The molecule has 5 rings (SSSR count). The molecule has 1 N–H and O–H groups in total. The molecule has 0 atom stereocenters. The highest BCUT2D eigenvalue weighted by molar-refractivity contribution is 6.40. The number of amides is 1. The predicted octanol–water partition coefficient (Wildman–Crippen LogP) is 5.07. The first-order chi connectivity index (χ1) is 14.6. The van der Waals surface area contributed by atoms with Gasteiger partial charge in [-0.15, -0.1) is 0 Å². The molecule has 1 amide bonds. The van der Waals surface area contributed by atoms with Gasteiger partial charge in [0.1, 0.15) is 5.56 Å². The normalized spacial score (nSPS) is 13.1. The molecule has 148 valence electrons. The van der Waals surface area contributed by atoms with Crippen LogP contribution in [0.3, 0.4) is 0 Å². The van der Waals surface area contributed by atoms with E-state index in [-0.39, 0.29) is 24.1 Å². The SMILES string of the molecule is O=C1c2cnc(Nc3ccc4ccncc4c3)nc2OCN1c1c(Cl)cccc1Cl. The first-order valence-electron chi connectivity index (χ1n) is 8.97. The summed E-state index contributed by atoms with van der Waals surface area (Å²) in [6, 6.07) is 12.8. The summed E-state index contributed by atoms with van der Waals surface area (Å²) in [4.78, 5) is 27.0. The Morgan fingerprint density at radius 3 is 2.70 bits per heavy atom. The molecule has 1 aliphatic heterocycles. The highest BCUT2D eigenvalue weighted by Gasteiger charge is 2.31. The van der Waals surface area contributed by atoms with Crippen LogP contribution in [0.2, 0.25) is 10.0 Å². The maximum absolute atomic E-state index is 13.0. The Morgan fingerprint density at radius 2 is 1.87 bits per heavy atom. The van der Waals surface area contributed by atoms with Crippen LogP contribution in [-0.2, 0) is 0 Å². The molecule has 0 aliphatic carbocycles. The number of aromatic nitrogens is 3. The molecule has 9 heteroatoms. The number of rotatable bonds is 3. The summed E-state index contributed by atoms with van der Waals surface area (Å²) in [5.74, 6) is 0.169. The maximum atomic E-state index is 13.0. The summed E-state index contributed by atoms with van der Waals surface area (Å²) in [6.07, 6.45) is 4.95. The van der Waals surface area contributed by atoms with Crippen molar-refractivity contribution in [2.75, 3.05) is 16.9 Å².